The minimum absolute atomic E-state index is 0. The van der Waals surface area contributed by atoms with Gasteiger partial charge in [0.05, 0.1) is 0 Å². The van der Waals surface area contributed by atoms with Gasteiger partial charge >= 0.3 is 51.4 Å². The Morgan fingerprint density at radius 1 is 1.00 bits per heavy atom. The molecule has 0 aliphatic carbocycles. The van der Waals surface area contributed by atoms with E-state index < -0.39 is 5.97 Å². The topological polar surface area (TPSA) is 40.1 Å². The molecule has 0 N–H and O–H groups in total. The predicted molar refractivity (Wildman–Crippen MR) is 51.2 cm³/mol. The summed E-state index contributed by atoms with van der Waals surface area (Å²) in [7, 11) is 0. The van der Waals surface area contributed by atoms with Gasteiger partial charge in [0, 0.05) is 5.97 Å². The summed E-state index contributed by atoms with van der Waals surface area (Å²) >= 11 is 4.10. The molecule has 0 heterocycles. The van der Waals surface area contributed by atoms with Crippen LogP contribution >= 0.6 is 12.6 Å². The summed E-state index contributed by atoms with van der Waals surface area (Å²) in [6.07, 6.45) is 6.73. The fourth-order valence-electron chi connectivity index (χ4n) is 1.09. The first-order chi connectivity index (χ1) is 5.77. The first kappa shape index (κ1) is 16.9. The largest absolute Gasteiger partial charge is 1.00 e. The van der Waals surface area contributed by atoms with Crippen LogP contribution in [0, 0.1) is 0 Å². The predicted octanol–water partition coefficient (Wildman–Crippen LogP) is -1.60. The van der Waals surface area contributed by atoms with Gasteiger partial charge in [0.25, 0.3) is 0 Å². The van der Waals surface area contributed by atoms with Crippen molar-refractivity contribution >= 4 is 18.6 Å². The molecule has 0 aromatic carbocycles. The Morgan fingerprint density at radius 2 is 1.46 bits per heavy atom. The van der Waals surface area contributed by atoms with Crippen LogP contribution in [0.2, 0.25) is 0 Å². The van der Waals surface area contributed by atoms with Gasteiger partial charge in [0.1, 0.15) is 0 Å². The van der Waals surface area contributed by atoms with Gasteiger partial charge < -0.3 is 9.90 Å². The second kappa shape index (κ2) is 13.5. The van der Waals surface area contributed by atoms with Crippen LogP contribution in [0.5, 0.6) is 0 Å². The van der Waals surface area contributed by atoms with Gasteiger partial charge in [-0.2, -0.15) is 12.6 Å². The van der Waals surface area contributed by atoms with E-state index in [4.69, 9.17) is 0 Å². The third-order valence-electron chi connectivity index (χ3n) is 1.79. The number of hydrogen-bond donors (Lipinski definition) is 1. The Labute approximate surface area is 129 Å². The number of carboxylic acid groups (broad SMARTS) is 1. The van der Waals surface area contributed by atoms with Crippen molar-refractivity contribution in [1.82, 2.24) is 0 Å². The Kier molecular flexibility index (Phi) is 17.5. The SMILES string of the molecule is O=C([O-])CCCCCCCCS.[K+]. The van der Waals surface area contributed by atoms with Crippen LogP contribution < -0.4 is 56.5 Å². The van der Waals surface area contributed by atoms with E-state index in [9.17, 15) is 9.90 Å². The molecule has 0 unspecified atom stereocenters. The molecule has 2 nitrogen and oxygen atoms in total. The van der Waals surface area contributed by atoms with E-state index in [0.717, 1.165) is 25.0 Å². The smallest absolute Gasteiger partial charge is 0.550 e. The molecular weight excluding hydrogens is 211 g/mol. The maximum Gasteiger partial charge on any atom is 1.00 e. The second-order valence-electron chi connectivity index (χ2n) is 2.97. The Balaban J connectivity index is 0. The zero-order chi connectivity index (χ0) is 9.23. The van der Waals surface area contributed by atoms with E-state index in [2.05, 4.69) is 12.6 Å². The van der Waals surface area contributed by atoms with Gasteiger partial charge in [0.2, 0.25) is 0 Å². The van der Waals surface area contributed by atoms with Gasteiger partial charge in [-0.15, -0.1) is 0 Å². The Hall–Kier alpha value is 1.46. The molecular formula is C9H17KO2S. The van der Waals surface area contributed by atoms with Crippen molar-refractivity contribution in [2.24, 2.45) is 0 Å². The van der Waals surface area contributed by atoms with Crippen LogP contribution in [-0.2, 0) is 4.79 Å². The molecule has 0 aliphatic heterocycles. The van der Waals surface area contributed by atoms with Crippen molar-refractivity contribution in [3.05, 3.63) is 0 Å². The van der Waals surface area contributed by atoms with Crippen molar-refractivity contribution in [3.63, 3.8) is 0 Å². The molecule has 0 saturated carbocycles. The molecule has 0 amide bonds. The number of aliphatic carboxylic acids is 1. The van der Waals surface area contributed by atoms with Crippen LogP contribution in [0.1, 0.15) is 44.9 Å². The molecule has 0 rings (SSSR count). The van der Waals surface area contributed by atoms with Gasteiger partial charge in [-0.25, -0.2) is 0 Å². The maximum atomic E-state index is 10.0. The number of hydrogen-bond acceptors (Lipinski definition) is 3. The number of carbonyl (C=O) groups excluding carboxylic acids is 1. The summed E-state index contributed by atoms with van der Waals surface area (Å²) in [5.41, 5.74) is 0. The summed E-state index contributed by atoms with van der Waals surface area (Å²) in [6.45, 7) is 0. The van der Waals surface area contributed by atoms with Crippen LogP contribution in [0.15, 0.2) is 0 Å². The van der Waals surface area contributed by atoms with E-state index in [0.29, 0.717) is 0 Å². The number of carboxylic acids is 1. The molecule has 0 aromatic heterocycles. The summed E-state index contributed by atoms with van der Waals surface area (Å²) in [4.78, 5) is 10.0. The molecule has 0 aromatic rings. The standard InChI is InChI=1S/C9H18O2S.K/c10-9(11)7-5-3-1-2-4-6-8-12;/h12H,1-8H2,(H,10,11);/q;+1/p-1. The summed E-state index contributed by atoms with van der Waals surface area (Å²) in [5.74, 6) is 0.0318. The van der Waals surface area contributed by atoms with Gasteiger partial charge in [-0.1, -0.05) is 25.7 Å². The summed E-state index contributed by atoms with van der Waals surface area (Å²) in [6, 6.07) is 0. The zero-order valence-corrected chi connectivity index (χ0v) is 12.4. The minimum Gasteiger partial charge on any atom is -0.550 e. The molecule has 0 saturated heterocycles. The monoisotopic (exact) mass is 228 g/mol. The molecule has 0 aliphatic rings. The third-order valence-corrected chi connectivity index (χ3v) is 2.11. The van der Waals surface area contributed by atoms with Crippen molar-refractivity contribution < 1.29 is 61.3 Å². The normalized spacial score (nSPS) is 9.31. The summed E-state index contributed by atoms with van der Waals surface area (Å²) < 4.78 is 0. The Morgan fingerprint density at radius 3 is 1.92 bits per heavy atom. The number of unbranched alkanes of at least 4 members (excludes halogenated alkanes) is 5. The van der Waals surface area contributed by atoms with Crippen LogP contribution in [0.4, 0.5) is 0 Å². The molecule has 0 spiro atoms. The maximum absolute atomic E-state index is 10.0. The number of carbonyl (C=O) groups is 1. The van der Waals surface area contributed by atoms with Gasteiger partial charge in [-0.3, -0.25) is 0 Å². The summed E-state index contributed by atoms with van der Waals surface area (Å²) in [5, 5.41) is 10.0. The minimum atomic E-state index is -0.926. The van der Waals surface area contributed by atoms with E-state index in [1.807, 2.05) is 0 Å². The molecule has 72 valence electrons. The van der Waals surface area contributed by atoms with Crippen molar-refractivity contribution in [2.45, 2.75) is 44.9 Å². The average Bonchev–Trinajstić information content (AvgIpc) is 2.02. The third kappa shape index (κ3) is 16.2. The van der Waals surface area contributed by atoms with Crippen molar-refractivity contribution in [3.8, 4) is 0 Å². The Bertz CT molecular complexity index is 120. The van der Waals surface area contributed by atoms with Crippen molar-refractivity contribution in [2.75, 3.05) is 5.75 Å². The molecule has 13 heavy (non-hydrogen) atoms. The zero-order valence-electron chi connectivity index (χ0n) is 8.42. The number of rotatable bonds is 8. The molecule has 0 bridgehead atoms. The molecule has 4 heteroatoms. The first-order valence-corrected chi connectivity index (χ1v) is 5.21. The first-order valence-electron chi connectivity index (χ1n) is 4.58. The van der Waals surface area contributed by atoms with Gasteiger partial charge in [-0.05, 0) is 25.0 Å². The fourth-order valence-corrected chi connectivity index (χ4v) is 1.31. The van der Waals surface area contributed by atoms with Gasteiger partial charge in [0.15, 0.2) is 0 Å². The van der Waals surface area contributed by atoms with E-state index in [1.54, 1.807) is 0 Å². The fraction of sp³-hybridized carbons (Fsp3) is 0.889. The average molecular weight is 228 g/mol. The van der Waals surface area contributed by atoms with E-state index >= 15 is 0 Å². The van der Waals surface area contributed by atoms with Crippen LogP contribution in [0.25, 0.3) is 0 Å². The molecule has 0 atom stereocenters. The van der Waals surface area contributed by atoms with E-state index in [1.165, 1.54) is 19.3 Å². The molecule has 0 radical (unpaired) electrons. The van der Waals surface area contributed by atoms with Crippen molar-refractivity contribution in [1.29, 1.82) is 0 Å². The molecule has 0 fully saturated rings. The quantitative estimate of drug-likeness (QED) is 0.309. The van der Waals surface area contributed by atoms with Crippen LogP contribution in [-0.4, -0.2) is 11.7 Å². The number of thiol groups is 1. The second-order valence-corrected chi connectivity index (χ2v) is 3.41. The van der Waals surface area contributed by atoms with Crippen LogP contribution in [0.3, 0.4) is 0 Å². The van der Waals surface area contributed by atoms with E-state index in [-0.39, 0.29) is 57.8 Å².